The molecule has 1 aliphatic heterocycles. The van der Waals surface area contributed by atoms with Crippen LogP contribution < -0.4 is 0 Å². The molecule has 1 heterocycles. The van der Waals surface area contributed by atoms with E-state index in [2.05, 4.69) is 13.8 Å². The number of hydrogen-bond acceptors (Lipinski definition) is 2. The molecule has 0 atom stereocenters. The molecule has 1 fully saturated rings. The van der Waals surface area contributed by atoms with Crippen molar-refractivity contribution in [2.75, 3.05) is 13.2 Å². The van der Waals surface area contributed by atoms with Crippen LogP contribution in [-0.2, 0) is 15.9 Å². The summed E-state index contributed by atoms with van der Waals surface area (Å²) < 4.78 is 56.6. The lowest BCUT2D eigenvalue weighted by molar-refractivity contribution is -0.206. The summed E-state index contributed by atoms with van der Waals surface area (Å²) in [6.45, 7) is 5.59. The van der Waals surface area contributed by atoms with Gasteiger partial charge in [0.15, 0.2) is 17.9 Å². The Bertz CT molecular complexity index is 1200. The molecule has 216 valence electrons. The Balaban J connectivity index is 1.36. The second-order valence-corrected chi connectivity index (χ2v) is 11.1. The molecule has 0 saturated carbocycles. The highest BCUT2D eigenvalue weighted by atomic mass is 19.2. The Morgan fingerprint density at radius 1 is 0.650 bits per heavy atom. The van der Waals surface area contributed by atoms with E-state index in [0.29, 0.717) is 53.4 Å². The van der Waals surface area contributed by atoms with Crippen LogP contribution in [0.15, 0.2) is 54.6 Å². The number of hydrogen-bond donors (Lipinski definition) is 0. The molecule has 2 nitrogen and oxygen atoms in total. The number of rotatable bonds is 14. The van der Waals surface area contributed by atoms with Gasteiger partial charge in [0.1, 0.15) is 5.82 Å². The minimum atomic E-state index is -0.831. The van der Waals surface area contributed by atoms with Gasteiger partial charge >= 0.3 is 0 Å². The van der Waals surface area contributed by atoms with Crippen molar-refractivity contribution in [2.45, 2.75) is 90.8 Å². The molecule has 0 spiro atoms. The van der Waals surface area contributed by atoms with Gasteiger partial charge < -0.3 is 9.47 Å². The van der Waals surface area contributed by atoms with Crippen LogP contribution in [0.4, 0.5) is 13.2 Å². The predicted molar refractivity (Wildman–Crippen MR) is 157 cm³/mol. The number of halogens is 3. The van der Waals surface area contributed by atoms with Gasteiger partial charge in [0, 0.05) is 22.6 Å². The lowest BCUT2D eigenvalue weighted by atomic mass is 9.97. The molecule has 4 rings (SSSR count). The van der Waals surface area contributed by atoms with Crippen LogP contribution in [0.1, 0.15) is 95.5 Å². The minimum absolute atomic E-state index is 0.211. The van der Waals surface area contributed by atoms with Crippen LogP contribution in [0, 0.1) is 23.4 Å². The molecular weight excluding hydrogens is 509 g/mol. The van der Waals surface area contributed by atoms with Crippen molar-refractivity contribution >= 4 is 0 Å². The average Bonchev–Trinajstić information content (AvgIpc) is 2.98. The molecule has 5 heteroatoms. The molecule has 0 aromatic heterocycles. The molecule has 0 bridgehead atoms. The molecule has 3 aromatic rings. The maximum absolute atomic E-state index is 15.2. The second kappa shape index (κ2) is 15.4. The van der Waals surface area contributed by atoms with Crippen molar-refractivity contribution in [2.24, 2.45) is 5.92 Å². The van der Waals surface area contributed by atoms with Crippen molar-refractivity contribution in [1.82, 2.24) is 0 Å². The topological polar surface area (TPSA) is 18.5 Å². The summed E-state index contributed by atoms with van der Waals surface area (Å²) in [6.07, 6.45) is 11.4. The summed E-state index contributed by atoms with van der Waals surface area (Å²) in [5, 5.41) is 0. The van der Waals surface area contributed by atoms with Gasteiger partial charge in [-0.15, -0.1) is 0 Å². The molecule has 1 aliphatic rings. The van der Waals surface area contributed by atoms with Crippen LogP contribution >= 0.6 is 0 Å². The number of aryl methyl sites for hydroxylation is 1. The van der Waals surface area contributed by atoms with E-state index in [4.69, 9.17) is 9.47 Å². The summed E-state index contributed by atoms with van der Waals surface area (Å²) in [5.41, 5.74) is 2.94. The van der Waals surface area contributed by atoms with Crippen molar-refractivity contribution in [3.8, 4) is 22.3 Å². The first-order valence-corrected chi connectivity index (χ1v) is 15.1. The van der Waals surface area contributed by atoms with E-state index in [-0.39, 0.29) is 11.4 Å². The predicted octanol–water partition coefficient (Wildman–Crippen LogP) is 10.6. The maximum atomic E-state index is 15.2. The van der Waals surface area contributed by atoms with Crippen LogP contribution in [0.5, 0.6) is 0 Å². The number of unbranched alkanes of at least 4 members (excludes halogenated alkanes) is 7. The van der Waals surface area contributed by atoms with E-state index in [1.807, 2.05) is 6.07 Å². The third kappa shape index (κ3) is 7.98. The van der Waals surface area contributed by atoms with E-state index in [9.17, 15) is 8.78 Å². The molecule has 40 heavy (non-hydrogen) atoms. The first-order chi connectivity index (χ1) is 19.5. The van der Waals surface area contributed by atoms with Gasteiger partial charge in [-0.2, -0.15) is 0 Å². The highest BCUT2D eigenvalue weighted by Crippen LogP contribution is 2.33. The fourth-order valence-corrected chi connectivity index (χ4v) is 5.43. The largest absolute Gasteiger partial charge is 0.348 e. The Morgan fingerprint density at radius 3 is 1.90 bits per heavy atom. The zero-order valence-corrected chi connectivity index (χ0v) is 24.0. The molecule has 0 radical (unpaired) electrons. The van der Waals surface area contributed by atoms with Crippen LogP contribution in [0.3, 0.4) is 0 Å². The van der Waals surface area contributed by atoms with Crippen molar-refractivity contribution in [1.29, 1.82) is 0 Å². The van der Waals surface area contributed by atoms with Crippen LogP contribution in [0.2, 0.25) is 0 Å². The van der Waals surface area contributed by atoms with Gasteiger partial charge in [0.25, 0.3) is 0 Å². The lowest BCUT2D eigenvalue weighted by Gasteiger charge is -2.29. The Morgan fingerprint density at radius 2 is 1.25 bits per heavy atom. The summed E-state index contributed by atoms with van der Waals surface area (Å²) in [5.74, 6) is -1.59. The monoisotopic (exact) mass is 552 g/mol. The summed E-state index contributed by atoms with van der Waals surface area (Å²) in [7, 11) is 0. The van der Waals surface area contributed by atoms with Crippen LogP contribution in [-0.4, -0.2) is 13.2 Å². The van der Waals surface area contributed by atoms with Gasteiger partial charge in [-0.05, 0) is 42.0 Å². The van der Waals surface area contributed by atoms with Crippen molar-refractivity contribution in [3.63, 3.8) is 0 Å². The zero-order valence-electron chi connectivity index (χ0n) is 24.0. The summed E-state index contributed by atoms with van der Waals surface area (Å²) in [4.78, 5) is 0. The summed E-state index contributed by atoms with van der Waals surface area (Å²) in [6, 6.07) is 15.2. The minimum Gasteiger partial charge on any atom is -0.348 e. The number of ether oxygens (including phenoxy) is 2. The highest BCUT2D eigenvalue weighted by molar-refractivity contribution is 5.71. The average molecular weight is 553 g/mol. The van der Waals surface area contributed by atoms with E-state index in [0.717, 1.165) is 32.1 Å². The van der Waals surface area contributed by atoms with E-state index in [1.165, 1.54) is 38.2 Å². The van der Waals surface area contributed by atoms with Gasteiger partial charge in [-0.1, -0.05) is 114 Å². The van der Waals surface area contributed by atoms with Crippen molar-refractivity contribution < 1.29 is 22.6 Å². The number of benzene rings is 3. The normalized spacial score (nSPS) is 17.3. The Labute approximate surface area is 237 Å². The Kier molecular flexibility index (Phi) is 11.7. The highest BCUT2D eigenvalue weighted by Gasteiger charge is 2.24. The van der Waals surface area contributed by atoms with E-state index >= 15 is 4.39 Å². The molecule has 1 saturated heterocycles. The molecule has 0 N–H and O–H groups in total. The quantitative estimate of drug-likeness (QED) is 0.185. The third-order valence-corrected chi connectivity index (χ3v) is 7.92. The first kappa shape index (κ1) is 30.3. The molecular formula is C35H43F3O2. The van der Waals surface area contributed by atoms with Gasteiger partial charge in [0.2, 0.25) is 0 Å². The second-order valence-electron chi connectivity index (χ2n) is 11.1. The van der Waals surface area contributed by atoms with Crippen molar-refractivity contribution in [3.05, 3.63) is 83.2 Å². The fraction of sp³-hybridized carbons (Fsp3) is 0.486. The van der Waals surface area contributed by atoms with Gasteiger partial charge in [-0.25, -0.2) is 13.2 Å². The van der Waals surface area contributed by atoms with Crippen LogP contribution in [0.25, 0.3) is 22.3 Å². The smallest absolute Gasteiger partial charge is 0.183 e. The van der Waals surface area contributed by atoms with Gasteiger partial charge in [0.05, 0.1) is 13.2 Å². The Hall–Kier alpha value is -2.63. The van der Waals surface area contributed by atoms with E-state index in [1.54, 1.807) is 42.5 Å². The standard InChI is InChI=1S/C35H43F3O2/c1-3-5-7-9-10-12-25-23-39-35(40-24-25)29-19-20-30(32(36)22-29)26-14-16-27(17-15-26)31-21-18-28(33(37)34(31)38)13-11-8-6-4-2/h14-22,25,35H,3-13,23-24H2,1-2H3. The zero-order chi connectivity index (χ0) is 28.3. The third-order valence-electron chi connectivity index (χ3n) is 7.92. The lowest BCUT2D eigenvalue weighted by Crippen LogP contribution is -2.27. The SMILES string of the molecule is CCCCCCCC1COC(c2ccc(-c3ccc(-c4ccc(CCCCCC)c(F)c4F)cc3)c(F)c2)OC1. The first-order valence-electron chi connectivity index (χ1n) is 15.1. The van der Waals surface area contributed by atoms with E-state index < -0.39 is 17.9 Å². The summed E-state index contributed by atoms with van der Waals surface area (Å²) >= 11 is 0. The molecule has 3 aromatic carbocycles. The molecule has 0 unspecified atom stereocenters. The maximum Gasteiger partial charge on any atom is 0.183 e. The molecule has 0 amide bonds. The fourth-order valence-electron chi connectivity index (χ4n) is 5.43. The van der Waals surface area contributed by atoms with Gasteiger partial charge in [-0.3, -0.25) is 0 Å². The molecule has 0 aliphatic carbocycles.